The maximum atomic E-state index is 13.2. The first-order valence-corrected chi connectivity index (χ1v) is 14.3. The molecule has 40 heavy (non-hydrogen) atoms. The van der Waals surface area contributed by atoms with Crippen molar-refractivity contribution in [3.63, 3.8) is 0 Å². The summed E-state index contributed by atoms with van der Waals surface area (Å²) < 4.78 is 13.2. The van der Waals surface area contributed by atoms with Gasteiger partial charge in [0.15, 0.2) is 5.16 Å². The minimum absolute atomic E-state index is 0.184. The van der Waals surface area contributed by atoms with Crippen LogP contribution in [-0.4, -0.2) is 34.7 Å². The second-order valence-electron chi connectivity index (χ2n) is 9.77. The number of ketones is 1. The summed E-state index contributed by atoms with van der Waals surface area (Å²) in [6, 6.07) is 24.7. The van der Waals surface area contributed by atoms with Crippen LogP contribution in [0.25, 0.3) is 0 Å². The van der Waals surface area contributed by atoms with Crippen molar-refractivity contribution >= 4 is 46.6 Å². The molecule has 0 bridgehead atoms. The van der Waals surface area contributed by atoms with E-state index in [1.54, 1.807) is 19.1 Å². The van der Waals surface area contributed by atoms with Crippen molar-refractivity contribution in [1.82, 2.24) is 9.97 Å². The van der Waals surface area contributed by atoms with Crippen LogP contribution in [-0.2, 0) is 16.0 Å². The van der Waals surface area contributed by atoms with Crippen molar-refractivity contribution in [2.75, 3.05) is 23.3 Å². The lowest BCUT2D eigenvalue weighted by atomic mass is 9.70. The van der Waals surface area contributed by atoms with Gasteiger partial charge in [0.2, 0.25) is 0 Å². The number of Topliss-reactive ketones (excluding diaryl/α,β-unsaturated/α-hetero) is 1. The van der Waals surface area contributed by atoms with E-state index in [1.807, 2.05) is 48.5 Å². The number of rotatable bonds is 8. The highest BCUT2D eigenvalue weighted by Crippen LogP contribution is 2.38. The van der Waals surface area contributed by atoms with Crippen LogP contribution in [0.2, 0.25) is 5.15 Å². The molecule has 5 rings (SSSR count). The number of anilines is 2. The van der Waals surface area contributed by atoms with Crippen LogP contribution < -0.4 is 10.2 Å². The van der Waals surface area contributed by atoms with E-state index < -0.39 is 5.41 Å². The number of thioether (sulfide) groups is 1. The van der Waals surface area contributed by atoms with E-state index in [-0.39, 0.29) is 17.5 Å². The minimum atomic E-state index is -0.486. The second-order valence-corrected chi connectivity index (χ2v) is 11.1. The molecule has 1 aromatic heterocycles. The van der Waals surface area contributed by atoms with E-state index in [0.717, 1.165) is 16.9 Å². The number of benzene rings is 3. The Bertz CT molecular complexity index is 1510. The van der Waals surface area contributed by atoms with Gasteiger partial charge in [-0.1, -0.05) is 65.8 Å². The average Bonchev–Trinajstić information content (AvgIpc) is 2.97. The topological polar surface area (TPSA) is 75.2 Å². The zero-order valence-corrected chi connectivity index (χ0v) is 23.5. The van der Waals surface area contributed by atoms with Gasteiger partial charge in [0.1, 0.15) is 22.6 Å². The van der Waals surface area contributed by atoms with Crippen LogP contribution in [0.5, 0.6) is 0 Å². The number of piperidine rings is 1. The first kappa shape index (κ1) is 27.8. The molecule has 1 fully saturated rings. The number of hydrogen-bond donors (Lipinski definition) is 1. The Morgan fingerprint density at radius 2 is 1.70 bits per heavy atom. The Morgan fingerprint density at radius 1 is 0.975 bits per heavy atom. The second kappa shape index (κ2) is 12.2. The monoisotopic (exact) mass is 574 g/mol. The van der Waals surface area contributed by atoms with Gasteiger partial charge >= 0.3 is 0 Å². The number of nitrogens with one attached hydrogen (secondary N) is 1. The number of nitrogens with zero attached hydrogens (tertiary/aromatic N) is 3. The molecule has 1 N–H and O–H groups in total. The highest BCUT2D eigenvalue weighted by Gasteiger charge is 2.40. The summed E-state index contributed by atoms with van der Waals surface area (Å²) in [5.41, 5.74) is 2.52. The van der Waals surface area contributed by atoms with Gasteiger partial charge < -0.3 is 10.2 Å². The van der Waals surface area contributed by atoms with Crippen molar-refractivity contribution in [1.29, 1.82) is 0 Å². The lowest BCUT2D eigenvalue weighted by Crippen LogP contribution is -2.47. The molecule has 1 aliphatic heterocycles. The molecule has 0 aliphatic carbocycles. The molecule has 204 valence electrons. The van der Waals surface area contributed by atoms with Crippen LogP contribution in [0.4, 0.5) is 15.9 Å². The van der Waals surface area contributed by atoms with Gasteiger partial charge in [0.05, 0.1) is 5.41 Å². The molecule has 9 heteroatoms. The van der Waals surface area contributed by atoms with Crippen molar-refractivity contribution in [2.24, 2.45) is 0 Å². The highest BCUT2D eigenvalue weighted by molar-refractivity contribution is 7.98. The van der Waals surface area contributed by atoms with Gasteiger partial charge in [-0.2, -0.15) is 0 Å². The molecule has 1 saturated heterocycles. The van der Waals surface area contributed by atoms with E-state index in [0.29, 0.717) is 53.2 Å². The van der Waals surface area contributed by atoms with E-state index in [2.05, 4.69) is 15.2 Å². The van der Waals surface area contributed by atoms with Crippen LogP contribution in [0.1, 0.15) is 41.3 Å². The summed E-state index contributed by atoms with van der Waals surface area (Å²) in [5.74, 6) is 0.824. The van der Waals surface area contributed by atoms with Crippen molar-refractivity contribution < 1.29 is 14.0 Å². The molecular weight excluding hydrogens is 547 g/mol. The van der Waals surface area contributed by atoms with Gasteiger partial charge in [-0.25, -0.2) is 14.4 Å². The Kier molecular flexibility index (Phi) is 8.47. The van der Waals surface area contributed by atoms with Gasteiger partial charge in [0, 0.05) is 36.2 Å². The maximum Gasteiger partial charge on any atom is 0.255 e. The zero-order valence-electron chi connectivity index (χ0n) is 21.9. The summed E-state index contributed by atoms with van der Waals surface area (Å²) in [5, 5.41) is 3.67. The normalized spacial score (nSPS) is 14.5. The zero-order chi connectivity index (χ0) is 28.1. The molecule has 0 radical (unpaired) electrons. The third-order valence-electron chi connectivity index (χ3n) is 7.26. The van der Waals surface area contributed by atoms with E-state index in [4.69, 9.17) is 16.6 Å². The van der Waals surface area contributed by atoms with Crippen molar-refractivity contribution in [2.45, 2.75) is 36.1 Å². The summed E-state index contributed by atoms with van der Waals surface area (Å²) in [6.45, 7) is 3.04. The molecule has 1 amide bonds. The first-order chi connectivity index (χ1) is 19.3. The van der Waals surface area contributed by atoms with Crippen molar-refractivity contribution in [3.8, 4) is 0 Å². The number of aromatic nitrogens is 2. The molecule has 4 aromatic rings. The lowest BCUT2D eigenvalue weighted by Gasteiger charge is -2.41. The predicted molar refractivity (Wildman–Crippen MR) is 158 cm³/mol. The smallest absolute Gasteiger partial charge is 0.255 e. The Labute approximate surface area is 242 Å². The van der Waals surface area contributed by atoms with Gasteiger partial charge in [0.25, 0.3) is 5.91 Å². The third kappa shape index (κ3) is 6.35. The summed E-state index contributed by atoms with van der Waals surface area (Å²) in [4.78, 5) is 36.7. The summed E-state index contributed by atoms with van der Waals surface area (Å²) >= 11 is 7.82. The van der Waals surface area contributed by atoms with Crippen LogP contribution in [0, 0.1) is 5.82 Å². The largest absolute Gasteiger partial charge is 0.356 e. The first-order valence-electron chi connectivity index (χ1n) is 13.0. The van der Waals surface area contributed by atoms with Gasteiger partial charge in [-0.05, 0) is 67.3 Å². The molecule has 0 unspecified atom stereocenters. The van der Waals surface area contributed by atoms with Gasteiger partial charge in [-0.15, -0.1) is 0 Å². The molecule has 0 saturated carbocycles. The SMILES string of the molecule is CC(=O)C1(c2ccccc2)CCN(c2cc(Cl)nc(SCc3cccc(C(=O)Nc4ccc(F)cc4)c3)n2)CC1. The fourth-order valence-electron chi connectivity index (χ4n) is 5.02. The lowest BCUT2D eigenvalue weighted by molar-refractivity contribution is -0.123. The standard InChI is InChI=1S/C31H28ClFN4O2S/c1-21(38)31(24-8-3-2-4-9-24)14-16-37(17-15-31)28-19-27(32)35-30(36-28)40-20-22-6-5-7-23(18-22)29(39)34-26-12-10-25(33)11-13-26/h2-13,18-19H,14-17,20H2,1H3,(H,34,39). The van der Waals surface area contributed by atoms with Crippen LogP contribution >= 0.6 is 23.4 Å². The fourth-order valence-corrected chi connectivity index (χ4v) is 6.04. The molecular formula is C31H28ClFN4O2S. The molecule has 6 nitrogen and oxygen atoms in total. The number of hydrogen-bond acceptors (Lipinski definition) is 6. The molecule has 3 aromatic carbocycles. The summed E-state index contributed by atoms with van der Waals surface area (Å²) in [7, 11) is 0. The van der Waals surface area contributed by atoms with E-state index in [9.17, 15) is 14.0 Å². The average molecular weight is 575 g/mol. The summed E-state index contributed by atoms with van der Waals surface area (Å²) in [6.07, 6.45) is 1.40. The predicted octanol–water partition coefficient (Wildman–Crippen LogP) is 6.94. The van der Waals surface area contributed by atoms with Crippen LogP contribution in [0.15, 0.2) is 90.1 Å². The minimum Gasteiger partial charge on any atom is -0.356 e. The molecule has 1 aliphatic rings. The highest BCUT2D eigenvalue weighted by atomic mass is 35.5. The molecule has 0 atom stereocenters. The van der Waals surface area contributed by atoms with Crippen molar-refractivity contribution in [3.05, 3.63) is 113 Å². The van der Waals surface area contributed by atoms with E-state index >= 15 is 0 Å². The molecule has 0 spiro atoms. The number of amides is 1. The Balaban J connectivity index is 1.24. The number of halogens is 2. The quantitative estimate of drug-likeness (QED) is 0.140. The Hall–Kier alpha value is -3.75. The molecule has 2 heterocycles. The Morgan fingerprint density at radius 3 is 2.40 bits per heavy atom. The fraction of sp³-hybridized carbons (Fsp3) is 0.226. The number of carbonyl (C=O) groups is 2. The third-order valence-corrected chi connectivity index (χ3v) is 8.37. The number of carbonyl (C=O) groups excluding carboxylic acids is 2. The van der Waals surface area contributed by atoms with Gasteiger partial charge in [-0.3, -0.25) is 9.59 Å². The van der Waals surface area contributed by atoms with E-state index in [1.165, 1.54) is 36.0 Å². The maximum absolute atomic E-state index is 13.2. The van der Waals surface area contributed by atoms with Crippen LogP contribution in [0.3, 0.4) is 0 Å².